The van der Waals surface area contributed by atoms with Crippen LogP contribution in [0.5, 0.6) is 11.5 Å². The maximum Gasteiger partial charge on any atom is 0.300 e. The summed E-state index contributed by atoms with van der Waals surface area (Å²) in [7, 11) is 1.39. The van der Waals surface area contributed by atoms with Gasteiger partial charge in [-0.15, -0.1) is 0 Å². The van der Waals surface area contributed by atoms with E-state index in [9.17, 15) is 19.8 Å². The summed E-state index contributed by atoms with van der Waals surface area (Å²) in [5, 5.41) is 21.7. The second kappa shape index (κ2) is 9.39. The maximum absolute atomic E-state index is 13.2. The van der Waals surface area contributed by atoms with E-state index in [0.717, 1.165) is 0 Å². The molecule has 1 aliphatic heterocycles. The Morgan fingerprint density at radius 1 is 0.912 bits per heavy atom. The average molecular weight is 539 g/mol. The Hall–Kier alpha value is -2.90. The van der Waals surface area contributed by atoms with Gasteiger partial charge in [0.2, 0.25) is 0 Å². The topological polar surface area (TPSA) is 87.1 Å². The number of nitrogens with zero attached hydrogens (tertiary/aromatic N) is 1. The number of anilines is 1. The summed E-state index contributed by atoms with van der Waals surface area (Å²) in [6.45, 7) is 0. The molecule has 3 aromatic rings. The molecule has 3 aromatic carbocycles. The van der Waals surface area contributed by atoms with Crippen molar-refractivity contribution in [3.05, 3.63) is 91.4 Å². The first-order valence-electron chi connectivity index (χ1n) is 9.71. The number of aliphatic hydroxyl groups is 1. The van der Waals surface area contributed by atoms with Crippen molar-refractivity contribution < 1.29 is 24.5 Å². The molecule has 0 bridgehead atoms. The largest absolute Gasteiger partial charge is 0.508 e. The van der Waals surface area contributed by atoms with E-state index in [1.165, 1.54) is 66.6 Å². The van der Waals surface area contributed by atoms with E-state index in [2.05, 4.69) is 0 Å². The zero-order chi connectivity index (χ0) is 24.7. The number of carbonyl (C=O) groups excluding carboxylic acids is 2. The minimum atomic E-state index is -1.06. The number of carbonyl (C=O) groups is 2. The van der Waals surface area contributed by atoms with Gasteiger partial charge in [0.1, 0.15) is 11.5 Å². The summed E-state index contributed by atoms with van der Waals surface area (Å²) in [5.74, 6) is -2.14. The van der Waals surface area contributed by atoms with Crippen LogP contribution >= 0.6 is 46.4 Å². The van der Waals surface area contributed by atoms with Gasteiger partial charge in [-0.05, 0) is 48.0 Å². The Bertz CT molecular complexity index is 1310. The fraction of sp³-hybridized carbons (Fsp3) is 0.0833. The summed E-state index contributed by atoms with van der Waals surface area (Å²) in [6.07, 6.45) is 0. The summed E-state index contributed by atoms with van der Waals surface area (Å²) in [6, 6.07) is 12.0. The number of aromatic hydroxyl groups is 1. The lowest BCUT2D eigenvalue weighted by Gasteiger charge is -2.26. The summed E-state index contributed by atoms with van der Waals surface area (Å²) < 4.78 is 5.13. The number of amides is 1. The molecule has 4 rings (SSSR count). The van der Waals surface area contributed by atoms with Crippen LogP contribution in [0.15, 0.2) is 60.2 Å². The van der Waals surface area contributed by atoms with E-state index in [4.69, 9.17) is 51.1 Å². The van der Waals surface area contributed by atoms with E-state index in [1.807, 2.05) is 0 Å². The molecule has 0 radical (unpaired) electrons. The van der Waals surface area contributed by atoms with E-state index < -0.39 is 23.5 Å². The van der Waals surface area contributed by atoms with Crippen LogP contribution in [0.1, 0.15) is 17.2 Å². The molecule has 0 saturated carbocycles. The van der Waals surface area contributed by atoms with Crippen molar-refractivity contribution >= 4 is 69.5 Å². The molecule has 34 heavy (non-hydrogen) atoms. The fourth-order valence-corrected chi connectivity index (χ4v) is 4.95. The van der Waals surface area contributed by atoms with Gasteiger partial charge < -0.3 is 14.9 Å². The zero-order valence-corrected chi connectivity index (χ0v) is 20.4. The number of methoxy groups -OCH3 is 1. The van der Waals surface area contributed by atoms with Crippen molar-refractivity contribution in [1.82, 2.24) is 0 Å². The maximum atomic E-state index is 13.2. The Morgan fingerprint density at radius 2 is 1.47 bits per heavy atom. The number of ether oxygens (including phenoxy) is 1. The predicted molar refractivity (Wildman–Crippen MR) is 132 cm³/mol. The average Bonchev–Trinajstić information content (AvgIpc) is 3.03. The van der Waals surface area contributed by atoms with Gasteiger partial charge in [-0.25, -0.2) is 0 Å². The molecule has 174 valence electrons. The molecule has 1 saturated heterocycles. The highest BCUT2D eigenvalue weighted by molar-refractivity contribution is 6.52. The highest BCUT2D eigenvalue weighted by Gasteiger charge is 2.47. The Kier molecular flexibility index (Phi) is 6.69. The van der Waals surface area contributed by atoms with Crippen molar-refractivity contribution in [3.8, 4) is 11.5 Å². The lowest BCUT2D eigenvalue weighted by atomic mass is 9.95. The number of rotatable bonds is 4. The molecular weight excluding hydrogens is 524 g/mol. The number of ketones is 1. The molecule has 1 atom stereocenters. The van der Waals surface area contributed by atoms with Crippen LogP contribution in [0, 0.1) is 0 Å². The molecule has 1 amide bonds. The summed E-state index contributed by atoms with van der Waals surface area (Å²) in [4.78, 5) is 27.6. The third kappa shape index (κ3) is 4.30. The standard InChI is InChI=1S/C24H15Cl4NO5/c1-34-23-17(27)6-12(7-18(23)28)21(31)19-20(11-2-4-16(30)5-3-11)29(24(33)22(19)32)15-9-13(25)8-14(26)10-15/h2-10,20,30-31H,1H3/b21-19+. The van der Waals surface area contributed by atoms with E-state index in [0.29, 0.717) is 5.56 Å². The van der Waals surface area contributed by atoms with Gasteiger partial charge in [-0.1, -0.05) is 58.5 Å². The van der Waals surface area contributed by atoms with Gasteiger partial charge in [0, 0.05) is 21.3 Å². The van der Waals surface area contributed by atoms with E-state index >= 15 is 0 Å². The first-order chi connectivity index (χ1) is 16.1. The van der Waals surface area contributed by atoms with Crippen LogP contribution in [-0.4, -0.2) is 29.0 Å². The number of halogens is 4. The summed E-state index contributed by atoms with van der Waals surface area (Å²) in [5.41, 5.74) is 0.605. The second-order valence-corrected chi connectivity index (χ2v) is 9.05. The Morgan fingerprint density at radius 3 is 2.00 bits per heavy atom. The monoisotopic (exact) mass is 537 g/mol. The van der Waals surface area contributed by atoms with Crippen LogP contribution in [0.3, 0.4) is 0 Å². The number of phenolic OH excluding ortho intramolecular Hbond substituents is 1. The van der Waals surface area contributed by atoms with Crippen LogP contribution in [-0.2, 0) is 9.59 Å². The molecule has 2 N–H and O–H groups in total. The van der Waals surface area contributed by atoms with Crippen LogP contribution in [0.25, 0.3) is 5.76 Å². The molecule has 1 heterocycles. The van der Waals surface area contributed by atoms with Gasteiger partial charge >= 0.3 is 0 Å². The molecule has 1 aliphatic rings. The number of hydrogen-bond acceptors (Lipinski definition) is 5. The van der Waals surface area contributed by atoms with Gasteiger partial charge in [0.05, 0.1) is 28.8 Å². The van der Waals surface area contributed by atoms with Gasteiger partial charge in [0.15, 0.2) is 5.75 Å². The first-order valence-corrected chi connectivity index (χ1v) is 11.2. The highest BCUT2D eigenvalue weighted by atomic mass is 35.5. The van der Waals surface area contributed by atoms with Crippen LogP contribution in [0.4, 0.5) is 5.69 Å². The fourth-order valence-electron chi connectivity index (χ4n) is 3.80. The summed E-state index contributed by atoms with van der Waals surface area (Å²) >= 11 is 24.7. The predicted octanol–water partition coefficient (Wildman–Crippen LogP) is 6.64. The first kappa shape index (κ1) is 24.2. The molecular formula is C24H15Cl4NO5. The molecule has 10 heteroatoms. The number of hydrogen-bond donors (Lipinski definition) is 2. The minimum Gasteiger partial charge on any atom is -0.508 e. The number of benzene rings is 3. The molecule has 0 aliphatic carbocycles. The van der Waals surface area contributed by atoms with Gasteiger partial charge in [0.25, 0.3) is 11.7 Å². The van der Waals surface area contributed by atoms with Crippen molar-refractivity contribution in [2.24, 2.45) is 0 Å². The highest BCUT2D eigenvalue weighted by Crippen LogP contribution is 2.44. The molecule has 6 nitrogen and oxygen atoms in total. The zero-order valence-electron chi connectivity index (χ0n) is 17.4. The SMILES string of the molecule is COc1c(Cl)cc(/C(O)=C2\C(=O)C(=O)N(c3cc(Cl)cc(Cl)c3)C2c2ccc(O)cc2)cc1Cl. The smallest absolute Gasteiger partial charge is 0.300 e. The second-order valence-electron chi connectivity index (χ2n) is 7.36. The van der Waals surface area contributed by atoms with Crippen LogP contribution < -0.4 is 9.64 Å². The third-order valence-electron chi connectivity index (χ3n) is 5.25. The Balaban J connectivity index is 1.98. The molecule has 1 fully saturated rings. The number of phenols is 1. The van der Waals surface area contributed by atoms with E-state index in [-0.39, 0.29) is 48.4 Å². The Labute approximate surface area is 214 Å². The van der Waals surface area contributed by atoms with Crippen LogP contribution in [0.2, 0.25) is 20.1 Å². The normalized spacial score (nSPS) is 17.3. The van der Waals surface area contributed by atoms with Gasteiger partial charge in [-0.3, -0.25) is 14.5 Å². The van der Waals surface area contributed by atoms with E-state index in [1.54, 1.807) is 0 Å². The molecule has 1 unspecified atom stereocenters. The number of Topliss-reactive ketones (excluding diaryl/α,β-unsaturated/α-hetero) is 1. The lowest BCUT2D eigenvalue weighted by molar-refractivity contribution is -0.132. The number of aliphatic hydroxyl groups excluding tert-OH is 1. The third-order valence-corrected chi connectivity index (χ3v) is 6.25. The lowest BCUT2D eigenvalue weighted by Crippen LogP contribution is -2.29. The van der Waals surface area contributed by atoms with Crippen molar-refractivity contribution in [1.29, 1.82) is 0 Å². The van der Waals surface area contributed by atoms with Crippen molar-refractivity contribution in [3.63, 3.8) is 0 Å². The van der Waals surface area contributed by atoms with Crippen molar-refractivity contribution in [2.75, 3.05) is 12.0 Å². The van der Waals surface area contributed by atoms with Crippen molar-refractivity contribution in [2.45, 2.75) is 6.04 Å². The quantitative estimate of drug-likeness (QED) is 0.221. The molecule has 0 aromatic heterocycles. The minimum absolute atomic E-state index is 0.0137. The van der Waals surface area contributed by atoms with Gasteiger partial charge in [-0.2, -0.15) is 0 Å². The molecule has 0 spiro atoms.